The third-order valence-electron chi connectivity index (χ3n) is 26.8. The summed E-state index contributed by atoms with van der Waals surface area (Å²) in [5.41, 5.74) is 35.1. The molecule has 782 valence electrons. The SMILES string of the molecule is CC(=O)c1ccc(Cc2ccc(C(C)(C)C)cc2C)cn1.CC(=O)c1cncc(Cc2ccc(C(C)(C)C)cc2C)c1.CNC(=O)c1ccc(Cc2ccc(C(C)(C)C)cc2C)cn1.Cc1cc(-n2cnc(C)c2)cc(C(C)(C)C)c1.Cc1cc(C(C)(C)C)cc(C(F)(F)F)c1.Cc1cc(C(C)(C)C)ccc1CN1CCN(C)CC1.Cc1cc(CN2CCN(C)CC2)cc(C(C)(C)C)c1.Cc1cccc(C(C)(C)C)c1. The Hall–Kier alpha value is -11.1. The van der Waals surface area contributed by atoms with Crippen molar-refractivity contribution in [2.24, 2.45) is 0 Å². The fourth-order valence-corrected chi connectivity index (χ4v) is 16.7. The number of aromatic nitrogens is 5. The molecule has 16 heteroatoms. The average Bonchev–Trinajstić information content (AvgIpc) is 1.67. The first-order valence-electron chi connectivity index (χ1n) is 51.8. The lowest BCUT2D eigenvalue weighted by atomic mass is 9.85. The van der Waals surface area contributed by atoms with Crippen LogP contribution in [0, 0.1) is 62.3 Å². The Morgan fingerprint density at radius 1 is 0.324 bits per heavy atom. The molecule has 4 aromatic heterocycles. The van der Waals surface area contributed by atoms with Crippen LogP contribution in [0.3, 0.4) is 0 Å². The van der Waals surface area contributed by atoms with E-state index in [4.69, 9.17) is 0 Å². The zero-order valence-electron chi connectivity index (χ0n) is 95.9. The molecule has 0 spiro atoms. The zero-order valence-corrected chi connectivity index (χ0v) is 95.9. The largest absolute Gasteiger partial charge is 0.416 e. The molecule has 8 aromatic carbocycles. The van der Waals surface area contributed by atoms with Crippen LogP contribution in [0.2, 0.25) is 0 Å². The molecule has 13 nitrogen and oxygen atoms in total. The number of nitrogens with zero attached hydrogens (tertiary/aromatic N) is 9. The number of amides is 1. The third-order valence-corrected chi connectivity index (χ3v) is 26.8. The van der Waals surface area contributed by atoms with Crippen LogP contribution >= 0.6 is 0 Å². The normalized spacial score (nSPS) is 13.6. The molecule has 0 saturated carbocycles. The van der Waals surface area contributed by atoms with Crippen molar-refractivity contribution in [2.75, 3.05) is 73.5 Å². The highest BCUT2D eigenvalue weighted by Crippen LogP contribution is 2.37. The Morgan fingerprint density at radius 2 is 0.690 bits per heavy atom. The van der Waals surface area contributed by atoms with E-state index in [1.54, 1.807) is 57.7 Å². The molecule has 0 unspecified atom stereocenters. The summed E-state index contributed by atoms with van der Waals surface area (Å²) in [6.07, 6.45) is 9.20. The van der Waals surface area contributed by atoms with Crippen LogP contribution < -0.4 is 5.32 Å². The van der Waals surface area contributed by atoms with Gasteiger partial charge in [0.25, 0.3) is 5.91 Å². The van der Waals surface area contributed by atoms with Crippen LogP contribution in [-0.4, -0.2) is 135 Å². The Labute approximate surface area is 873 Å². The summed E-state index contributed by atoms with van der Waals surface area (Å²) in [7, 11) is 6.03. The number of nitrogens with one attached hydrogen (secondary N) is 1. The highest BCUT2D eigenvalue weighted by atomic mass is 19.4. The minimum Gasteiger partial charge on any atom is -0.354 e. The van der Waals surface area contributed by atoms with E-state index in [0.717, 1.165) is 60.3 Å². The molecule has 2 saturated heterocycles. The summed E-state index contributed by atoms with van der Waals surface area (Å²) in [5, 5.41) is 2.58. The van der Waals surface area contributed by atoms with Crippen molar-refractivity contribution >= 4 is 17.5 Å². The van der Waals surface area contributed by atoms with E-state index >= 15 is 0 Å². The predicted molar refractivity (Wildman–Crippen MR) is 606 cm³/mol. The van der Waals surface area contributed by atoms with Gasteiger partial charge >= 0.3 is 6.18 Å². The maximum absolute atomic E-state index is 12.5. The standard InChI is InChI=1S/C19H24N2O.2C19H23NO.2C17H28N2.C15H20N2.C12H15F3.C11H16/c1-13-10-16(19(2,3)4)8-7-15(13)11-14-6-9-17(21-12-14)18(22)20-5;1-13-10-17(19(3,4)5)8-7-16(13)11-15-6-9-18(14(2)21)20-12-15;1-13-8-18(19(3,4)5)7-6-16(13)9-15-10-17(14(2)21)12-20-11-15;1-14-10-15(12-16(11-14)17(2,3)4)13-19-8-6-18(5)7-9-19;1-14-12-16(17(2,3)4)7-6-15(14)13-19-10-8-18(5)9-11-19;1-11-6-13(15(3,4)5)8-14(7-11)17-9-12(2)16-10-17;1-8-5-9(11(2,3)4)7-10(6-8)12(13,14)15;1-9-6-5-7-10(8-9)11(2,3)4/h6-10,12H,11H2,1-5H3,(H,20,22);6-10,12H,11H2,1-5H3;6-8,10-12H,9H2,1-5H3;10-12H,6-9,13H2,1-5H3;6-7,12H,8-11,13H2,1-5H3;6-10H,1-5H3;5-7H,1-4H3;5-8H,1-4H3. The van der Waals surface area contributed by atoms with Gasteiger partial charge in [0.2, 0.25) is 0 Å². The zero-order chi connectivity index (χ0) is 109. The van der Waals surface area contributed by atoms with Gasteiger partial charge in [0, 0.05) is 122 Å². The highest BCUT2D eigenvalue weighted by Gasteiger charge is 2.33. The van der Waals surface area contributed by atoms with Gasteiger partial charge in [-0.2, -0.15) is 13.2 Å². The summed E-state index contributed by atoms with van der Waals surface area (Å²) in [6, 6.07) is 63.1. The molecular weight excluding hydrogens is 1790 g/mol. The second-order valence-electron chi connectivity index (χ2n) is 48.8. The van der Waals surface area contributed by atoms with Crippen LogP contribution in [0.1, 0.15) is 356 Å². The smallest absolute Gasteiger partial charge is 0.354 e. The average molecular weight is 1970 g/mol. The number of halogens is 3. The van der Waals surface area contributed by atoms with Gasteiger partial charge in [-0.25, -0.2) is 4.98 Å². The molecule has 6 heterocycles. The van der Waals surface area contributed by atoms with Crippen LogP contribution in [0.4, 0.5) is 13.2 Å². The molecule has 1 N–H and O–H groups in total. The molecule has 2 aliphatic rings. The van der Waals surface area contributed by atoms with Crippen molar-refractivity contribution in [2.45, 2.75) is 324 Å². The van der Waals surface area contributed by atoms with Gasteiger partial charge in [0.05, 0.1) is 17.6 Å². The number of alkyl halides is 3. The first kappa shape index (κ1) is 121. The van der Waals surface area contributed by atoms with Crippen molar-refractivity contribution in [3.8, 4) is 5.69 Å². The van der Waals surface area contributed by atoms with E-state index in [2.05, 4.69) is 397 Å². The molecule has 14 rings (SSSR count). The summed E-state index contributed by atoms with van der Waals surface area (Å²) >= 11 is 0. The number of benzene rings is 8. The van der Waals surface area contributed by atoms with E-state index < -0.39 is 11.7 Å². The van der Waals surface area contributed by atoms with Gasteiger partial charge in [0.1, 0.15) is 11.4 Å². The lowest BCUT2D eigenvalue weighted by molar-refractivity contribution is -0.137. The van der Waals surface area contributed by atoms with Crippen molar-refractivity contribution < 1.29 is 27.6 Å². The number of hydrogen-bond donors (Lipinski definition) is 1. The molecule has 145 heavy (non-hydrogen) atoms. The minimum absolute atomic E-state index is 0.00672. The fraction of sp³-hybridized carbons (Fsp3) is 0.465. The third kappa shape index (κ3) is 40.2. The van der Waals surface area contributed by atoms with Crippen molar-refractivity contribution in [1.29, 1.82) is 0 Å². The molecule has 2 aliphatic heterocycles. The first-order valence-corrected chi connectivity index (χ1v) is 51.8. The Morgan fingerprint density at radius 3 is 1.05 bits per heavy atom. The fourth-order valence-electron chi connectivity index (χ4n) is 16.7. The molecule has 2 fully saturated rings. The van der Waals surface area contributed by atoms with Gasteiger partial charge in [-0.1, -0.05) is 322 Å². The predicted octanol–water partition coefficient (Wildman–Crippen LogP) is 30.1. The Balaban J connectivity index is 0.000000226. The second kappa shape index (κ2) is 52.0. The number of pyridine rings is 3. The van der Waals surface area contributed by atoms with Crippen LogP contribution in [0.15, 0.2) is 219 Å². The molecule has 1 amide bonds. The Bertz CT molecular complexity index is 6170. The van der Waals surface area contributed by atoms with Gasteiger partial charge < -0.3 is 19.7 Å². The summed E-state index contributed by atoms with van der Waals surface area (Å²) in [6.45, 7) is 86.6. The molecule has 0 bridgehead atoms. The molecule has 0 aliphatic carbocycles. The van der Waals surface area contributed by atoms with Crippen LogP contribution in [-0.2, 0) is 81.8 Å². The van der Waals surface area contributed by atoms with Gasteiger partial charge in [-0.05, 0) is 305 Å². The number of rotatable bonds is 14. The molecule has 12 aromatic rings. The molecule has 0 atom stereocenters. The van der Waals surface area contributed by atoms with Crippen LogP contribution in [0.25, 0.3) is 5.69 Å². The van der Waals surface area contributed by atoms with Crippen LogP contribution in [0.5, 0.6) is 0 Å². The summed E-state index contributed by atoms with van der Waals surface area (Å²) in [4.78, 5) is 61.0. The van der Waals surface area contributed by atoms with E-state index in [9.17, 15) is 27.6 Å². The number of aryl methyl sites for hydroxylation is 9. The number of hydrogen-bond acceptors (Lipinski definition) is 11. The second-order valence-corrected chi connectivity index (χ2v) is 48.8. The van der Waals surface area contributed by atoms with Gasteiger partial charge in [-0.15, -0.1) is 0 Å². The summed E-state index contributed by atoms with van der Waals surface area (Å²) < 4.78 is 39.7. The van der Waals surface area contributed by atoms with Crippen molar-refractivity contribution in [3.63, 3.8) is 0 Å². The number of Topliss-reactive ketones (excluding diaryl/α,β-unsaturated/α-hetero) is 2. The molecular formula is C129H177F3N10O3. The van der Waals surface area contributed by atoms with Crippen molar-refractivity contribution in [3.05, 3.63) is 381 Å². The molecule has 0 radical (unpaired) electrons. The minimum atomic E-state index is -4.26. The van der Waals surface area contributed by atoms with Crippen molar-refractivity contribution in [1.82, 2.24) is 49.4 Å². The summed E-state index contributed by atoms with van der Waals surface area (Å²) in [5.74, 6) is -0.0892. The van der Waals surface area contributed by atoms with E-state index in [-0.39, 0.29) is 60.8 Å². The lowest BCUT2D eigenvalue weighted by Gasteiger charge is -2.32. The maximum Gasteiger partial charge on any atom is 0.416 e. The van der Waals surface area contributed by atoms with E-state index in [1.807, 2.05) is 58.4 Å². The number of ketones is 2. The number of carbonyl (C=O) groups is 3. The van der Waals surface area contributed by atoms with E-state index in [1.165, 1.54) is 183 Å². The number of piperazine rings is 2. The monoisotopic (exact) mass is 1970 g/mol. The van der Waals surface area contributed by atoms with E-state index in [0.29, 0.717) is 22.5 Å². The number of carbonyl (C=O) groups excluding carboxylic acids is 3. The number of likely N-dealkylation sites (N-methyl/N-ethyl adjacent to an activating group) is 2. The first-order chi connectivity index (χ1) is 67.0. The highest BCUT2D eigenvalue weighted by molar-refractivity contribution is 5.94. The Kier molecular flexibility index (Phi) is 43.3. The van der Waals surface area contributed by atoms with Gasteiger partial charge in [0.15, 0.2) is 11.6 Å². The topological polar surface area (TPSA) is 133 Å². The quantitative estimate of drug-likeness (QED) is 0.104. The lowest BCUT2D eigenvalue weighted by Crippen LogP contribution is -2.43. The maximum atomic E-state index is 12.5. The number of imidazole rings is 1. The van der Waals surface area contributed by atoms with Gasteiger partial charge in [-0.3, -0.25) is 39.1 Å².